The van der Waals surface area contributed by atoms with Crippen molar-refractivity contribution in [2.45, 2.75) is 6.92 Å². The van der Waals surface area contributed by atoms with Gasteiger partial charge in [-0.25, -0.2) is 0 Å². The molecule has 0 radical (unpaired) electrons. The lowest BCUT2D eigenvalue weighted by Crippen LogP contribution is -2.29. The summed E-state index contributed by atoms with van der Waals surface area (Å²) in [7, 11) is 1.35. The lowest BCUT2D eigenvalue weighted by atomic mass is 10.1. The van der Waals surface area contributed by atoms with Crippen LogP contribution in [0.4, 0.5) is 5.69 Å². The molecule has 7 nitrogen and oxygen atoms in total. The first-order valence-electron chi connectivity index (χ1n) is 8.04. The summed E-state index contributed by atoms with van der Waals surface area (Å²) in [6.45, 7) is 1.18. The SMILES string of the molecule is COc1cc(/C=C(/C#N)C(=O)Nc2cccc(C)c2)cc(Cl)c1OCC(=O)[O-]. The van der Waals surface area contributed by atoms with Crippen LogP contribution in [0.2, 0.25) is 5.02 Å². The minimum atomic E-state index is -1.42. The first-order valence-corrected chi connectivity index (χ1v) is 8.42. The summed E-state index contributed by atoms with van der Waals surface area (Å²) in [5.74, 6) is -1.83. The van der Waals surface area contributed by atoms with Gasteiger partial charge in [0.15, 0.2) is 11.5 Å². The maximum atomic E-state index is 12.4. The molecule has 144 valence electrons. The maximum absolute atomic E-state index is 12.4. The van der Waals surface area contributed by atoms with Gasteiger partial charge in [0.2, 0.25) is 0 Å². The number of aryl methyl sites for hydroxylation is 1. The molecular weight excluding hydrogens is 384 g/mol. The number of hydrogen-bond acceptors (Lipinski definition) is 6. The highest BCUT2D eigenvalue weighted by Gasteiger charge is 2.14. The smallest absolute Gasteiger partial charge is 0.266 e. The van der Waals surface area contributed by atoms with Crippen LogP contribution in [0.5, 0.6) is 11.5 Å². The number of nitriles is 1. The van der Waals surface area contributed by atoms with Crippen LogP contribution in [0.1, 0.15) is 11.1 Å². The molecule has 2 aromatic rings. The lowest BCUT2D eigenvalue weighted by Gasteiger charge is -2.13. The molecule has 0 aliphatic carbocycles. The number of benzene rings is 2. The second-order valence-corrected chi connectivity index (χ2v) is 6.10. The van der Waals surface area contributed by atoms with E-state index in [9.17, 15) is 20.0 Å². The number of halogens is 1. The normalized spacial score (nSPS) is 10.7. The van der Waals surface area contributed by atoms with Crippen LogP contribution in [-0.4, -0.2) is 25.6 Å². The molecule has 0 unspecified atom stereocenters. The van der Waals surface area contributed by atoms with Crippen molar-refractivity contribution in [2.24, 2.45) is 0 Å². The van der Waals surface area contributed by atoms with Crippen LogP contribution in [0.3, 0.4) is 0 Å². The van der Waals surface area contributed by atoms with E-state index in [1.807, 2.05) is 19.1 Å². The van der Waals surface area contributed by atoms with Crippen molar-refractivity contribution in [1.29, 1.82) is 5.26 Å². The van der Waals surface area contributed by atoms with Gasteiger partial charge in [0.1, 0.15) is 18.2 Å². The summed E-state index contributed by atoms with van der Waals surface area (Å²) in [6, 6.07) is 11.9. The Morgan fingerprint density at radius 2 is 2.07 bits per heavy atom. The quantitative estimate of drug-likeness (QED) is 0.565. The number of anilines is 1. The van der Waals surface area contributed by atoms with Crippen molar-refractivity contribution in [3.05, 3.63) is 58.1 Å². The number of hydrogen-bond donors (Lipinski definition) is 1. The minimum absolute atomic E-state index is 0.0215. The molecule has 0 aliphatic heterocycles. The van der Waals surface area contributed by atoms with E-state index in [-0.39, 0.29) is 22.1 Å². The van der Waals surface area contributed by atoms with Crippen LogP contribution >= 0.6 is 11.6 Å². The molecule has 2 aromatic carbocycles. The molecule has 0 aromatic heterocycles. The molecule has 0 aliphatic rings. The summed E-state index contributed by atoms with van der Waals surface area (Å²) < 4.78 is 10.2. The fourth-order valence-electron chi connectivity index (χ4n) is 2.33. The van der Waals surface area contributed by atoms with Crippen LogP contribution in [0, 0.1) is 18.3 Å². The number of rotatable bonds is 7. The van der Waals surface area contributed by atoms with Crippen molar-refractivity contribution in [3.8, 4) is 17.6 Å². The minimum Gasteiger partial charge on any atom is -0.546 e. The van der Waals surface area contributed by atoms with E-state index in [0.29, 0.717) is 11.3 Å². The molecular formula is C20H16ClN2O5-. The Hall–Kier alpha value is -3.50. The fraction of sp³-hybridized carbons (Fsp3) is 0.150. The standard InChI is InChI=1S/C20H17ClN2O5/c1-12-4-3-5-15(6-12)23-20(26)14(10-22)7-13-8-16(21)19(17(9-13)27-2)28-11-18(24)25/h3-9H,11H2,1-2H3,(H,23,26)(H,24,25)/p-1/b14-7-. The predicted octanol–water partition coefficient (Wildman–Crippen LogP) is 2.33. The van der Waals surface area contributed by atoms with E-state index in [1.54, 1.807) is 18.2 Å². The van der Waals surface area contributed by atoms with Gasteiger partial charge in [-0.1, -0.05) is 23.7 Å². The van der Waals surface area contributed by atoms with Gasteiger partial charge in [0.05, 0.1) is 18.1 Å². The van der Waals surface area contributed by atoms with Crippen molar-refractivity contribution >= 4 is 35.2 Å². The zero-order chi connectivity index (χ0) is 20.7. The van der Waals surface area contributed by atoms with Gasteiger partial charge in [-0.2, -0.15) is 5.26 Å². The number of amides is 1. The van der Waals surface area contributed by atoms with Crippen molar-refractivity contribution in [1.82, 2.24) is 0 Å². The zero-order valence-corrected chi connectivity index (χ0v) is 15.9. The molecule has 0 saturated carbocycles. The molecule has 28 heavy (non-hydrogen) atoms. The second-order valence-electron chi connectivity index (χ2n) is 5.69. The Morgan fingerprint density at radius 1 is 1.32 bits per heavy atom. The fourth-order valence-corrected chi connectivity index (χ4v) is 2.60. The number of carbonyl (C=O) groups is 2. The van der Waals surface area contributed by atoms with Crippen LogP contribution < -0.4 is 19.9 Å². The van der Waals surface area contributed by atoms with Crippen molar-refractivity contribution < 1.29 is 24.2 Å². The number of nitrogens with zero attached hydrogens (tertiary/aromatic N) is 1. The number of nitrogens with one attached hydrogen (secondary N) is 1. The highest BCUT2D eigenvalue weighted by molar-refractivity contribution is 6.32. The van der Waals surface area contributed by atoms with Crippen molar-refractivity contribution in [2.75, 3.05) is 19.0 Å². The highest BCUT2D eigenvalue weighted by Crippen LogP contribution is 2.37. The number of ether oxygens (including phenoxy) is 2. The third kappa shape index (κ3) is 5.50. The second kappa shape index (κ2) is 9.44. The number of carboxylic acid groups (broad SMARTS) is 1. The lowest BCUT2D eigenvalue weighted by molar-refractivity contribution is -0.307. The van der Waals surface area contributed by atoms with E-state index in [2.05, 4.69) is 5.32 Å². The Bertz CT molecular complexity index is 979. The monoisotopic (exact) mass is 399 g/mol. The molecule has 2 rings (SSSR count). The van der Waals surface area contributed by atoms with Crippen molar-refractivity contribution in [3.63, 3.8) is 0 Å². The summed E-state index contributed by atoms with van der Waals surface area (Å²) >= 11 is 6.12. The van der Waals surface area contributed by atoms with Gasteiger partial charge in [-0.15, -0.1) is 0 Å². The van der Waals surface area contributed by atoms with E-state index >= 15 is 0 Å². The molecule has 0 spiro atoms. The summed E-state index contributed by atoms with van der Waals surface area (Å²) in [6.07, 6.45) is 1.34. The molecule has 8 heteroatoms. The molecule has 0 fully saturated rings. The first-order chi connectivity index (χ1) is 13.3. The summed E-state index contributed by atoms with van der Waals surface area (Å²) in [5.41, 5.74) is 1.78. The number of methoxy groups -OCH3 is 1. The summed E-state index contributed by atoms with van der Waals surface area (Å²) in [5, 5.41) is 22.6. The van der Waals surface area contributed by atoms with Gasteiger partial charge in [0.25, 0.3) is 5.91 Å². The summed E-state index contributed by atoms with van der Waals surface area (Å²) in [4.78, 5) is 23.0. The van der Waals surface area contributed by atoms with Crippen LogP contribution in [0.25, 0.3) is 6.08 Å². The number of aliphatic carboxylic acids is 1. The number of carboxylic acids is 1. The Balaban J connectivity index is 2.30. The van der Waals surface area contributed by atoms with Gasteiger partial charge >= 0.3 is 0 Å². The van der Waals surface area contributed by atoms with Gasteiger partial charge < -0.3 is 24.7 Å². The molecule has 0 saturated heterocycles. The molecule has 0 bridgehead atoms. The highest BCUT2D eigenvalue weighted by atomic mass is 35.5. The molecule has 1 amide bonds. The molecule has 0 atom stereocenters. The topological polar surface area (TPSA) is 111 Å². The Kier molecular flexibility index (Phi) is 7.02. The van der Waals surface area contributed by atoms with E-state index in [0.717, 1.165) is 5.56 Å². The third-order valence-corrected chi connectivity index (χ3v) is 3.82. The van der Waals surface area contributed by atoms with Gasteiger partial charge in [-0.3, -0.25) is 4.79 Å². The van der Waals surface area contributed by atoms with Crippen LogP contribution in [0.15, 0.2) is 42.0 Å². The Labute approximate surface area is 166 Å². The predicted molar refractivity (Wildman–Crippen MR) is 102 cm³/mol. The van der Waals surface area contributed by atoms with E-state index < -0.39 is 18.5 Å². The van der Waals surface area contributed by atoms with Gasteiger partial charge in [-0.05, 0) is 48.4 Å². The molecule has 0 heterocycles. The average molecular weight is 400 g/mol. The Morgan fingerprint density at radius 3 is 2.68 bits per heavy atom. The zero-order valence-electron chi connectivity index (χ0n) is 15.1. The molecule has 1 N–H and O–H groups in total. The largest absolute Gasteiger partial charge is 0.546 e. The third-order valence-electron chi connectivity index (χ3n) is 3.54. The van der Waals surface area contributed by atoms with E-state index in [4.69, 9.17) is 21.1 Å². The average Bonchev–Trinajstić information content (AvgIpc) is 2.64. The van der Waals surface area contributed by atoms with Crippen LogP contribution in [-0.2, 0) is 9.59 Å². The number of carbonyl (C=O) groups excluding carboxylic acids is 2. The van der Waals surface area contributed by atoms with Gasteiger partial charge in [0, 0.05) is 5.69 Å². The maximum Gasteiger partial charge on any atom is 0.266 e. The van der Waals surface area contributed by atoms with E-state index in [1.165, 1.54) is 25.3 Å². The first kappa shape index (κ1) is 20.8.